The SMILES string of the molecule is CC/C=C\C/C=C\C/C=C\C/C=C\C/C=C\CCCCCCCCOCC(COC1OC(CO)C(O)C(OS(=O)(=O)O)C1O)OC(=O)CCCCCCCCCCCCCCCCCCCCC. The zero-order chi connectivity index (χ0) is 49.6. The minimum atomic E-state index is -5.07. The second kappa shape index (κ2) is 45.9. The highest BCUT2D eigenvalue weighted by Crippen LogP contribution is 2.26. The lowest BCUT2D eigenvalue weighted by Crippen LogP contribution is -2.60. The Balaban J connectivity index is 2.35. The first kappa shape index (κ1) is 63.8. The zero-order valence-electron chi connectivity index (χ0n) is 42.7. The number of carbonyl (C=O) groups is 1. The first-order valence-corrected chi connectivity index (χ1v) is 28.4. The van der Waals surface area contributed by atoms with Crippen molar-refractivity contribution in [3.05, 3.63) is 60.8 Å². The molecule has 12 nitrogen and oxygen atoms in total. The van der Waals surface area contributed by atoms with Crippen LogP contribution in [0, 0.1) is 0 Å². The van der Waals surface area contributed by atoms with Crippen LogP contribution in [-0.4, -0.2) is 97.5 Å². The number of aliphatic hydroxyl groups is 3. The van der Waals surface area contributed by atoms with Gasteiger partial charge in [0.2, 0.25) is 0 Å². The Bertz CT molecular complexity index is 1410. The van der Waals surface area contributed by atoms with Crippen LogP contribution in [0.4, 0.5) is 0 Å². The molecule has 1 aliphatic heterocycles. The number of hydrogen-bond donors (Lipinski definition) is 4. The highest BCUT2D eigenvalue weighted by atomic mass is 32.3. The molecule has 396 valence electrons. The Labute approximate surface area is 414 Å². The predicted molar refractivity (Wildman–Crippen MR) is 276 cm³/mol. The molecule has 6 unspecified atom stereocenters. The first-order chi connectivity index (χ1) is 33.1. The molecule has 13 heteroatoms. The third-order valence-corrected chi connectivity index (χ3v) is 12.6. The molecule has 1 saturated heterocycles. The fourth-order valence-corrected chi connectivity index (χ4v) is 8.62. The van der Waals surface area contributed by atoms with Gasteiger partial charge < -0.3 is 34.3 Å². The van der Waals surface area contributed by atoms with Crippen molar-refractivity contribution in [2.24, 2.45) is 0 Å². The lowest BCUT2D eigenvalue weighted by atomic mass is 9.99. The van der Waals surface area contributed by atoms with Gasteiger partial charge in [-0.25, -0.2) is 4.18 Å². The summed E-state index contributed by atoms with van der Waals surface area (Å²) >= 11 is 0. The summed E-state index contributed by atoms with van der Waals surface area (Å²) < 4.78 is 59.3. The van der Waals surface area contributed by atoms with Crippen LogP contribution >= 0.6 is 0 Å². The van der Waals surface area contributed by atoms with Crippen LogP contribution in [0.1, 0.15) is 219 Å². The third-order valence-electron chi connectivity index (χ3n) is 12.2. The van der Waals surface area contributed by atoms with Gasteiger partial charge in [0.25, 0.3) is 0 Å². The standard InChI is InChI=1S/C55H98O12S/c1-3-5-7-9-11-13-15-17-19-21-23-24-25-27-29-31-33-35-37-39-41-43-45-63-47-49(48-64-55-53(59)54(67-68(60,61)62)52(58)50(46-56)66-55)65-51(57)44-42-40-38-36-34-32-30-28-26-22-20-18-16-14-12-10-8-6-4-2/h5,7,11,13,17,19,23-24,27,29,49-50,52-56,58-59H,3-4,6,8-10,12,14-16,18,20-22,25-26,28,30-48H2,1-2H3,(H,60,61,62)/b7-5-,13-11-,19-17-,24-23-,29-27-. The van der Waals surface area contributed by atoms with Crippen LogP contribution in [0.15, 0.2) is 60.8 Å². The van der Waals surface area contributed by atoms with E-state index in [0.717, 1.165) is 89.9 Å². The van der Waals surface area contributed by atoms with Crippen LogP contribution in [-0.2, 0) is 38.3 Å². The minimum absolute atomic E-state index is 0.0258. The molecule has 0 aromatic carbocycles. The average Bonchev–Trinajstić information content (AvgIpc) is 3.31. The summed E-state index contributed by atoms with van der Waals surface area (Å²) in [7, 11) is -5.07. The Morgan fingerprint density at radius 3 is 1.49 bits per heavy atom. The fraction of sp³-hybridized carbons (Fsp3) is 0.800. The molecular weight excluding hydrogens is 885 g/mol. The van der Waals surface area contributed by atoms with Gasteiger partial charge in [0, 0.05) is 13.0 Å². The largest absolute Gasteiger partial charge is 0.457 e. The van der Waals surface area contributed by atoms with Crippen LogP contribution in [0.5, 0.6) is 0 Å². The molecule has 1 fully saturated rings. The molecule has 0 aromatic heterocycles. The Morgan fingerprint density at radius 2 is 1.01 bits per heavy atom. The number of esters is 1. The summed E-state index contributed by atoms with van der Waals surface area (Å²) in [5, 5.41) is 30.8. The average molecular weight is 983 g/mol. The van der Waals surface area contributed by atoms with E-state index < -0.39 is 59.8 Å². The summed E-state index contributed by atoms with van der Waals surface area (Å²) in [6.45, 7) is 3.87. The third kappa shape index (κ3) is 38.5. The van der Waals surface area contributed by atoms with Gasteiger partial charge in [0.1, 0.15) is 30.5 Å². The normalized spacial score (nSPS) is 19.8. The van der Waals surface area contributed by atoms with Crippen molar-refractivity contribution >= 4 is 16.4 Å². The maximum Gasteiger partial charge on any atom is 0.397 e. The Kier molecular flexibility index (Phi) is 43.1. The quantitative estimate of drug-likeness (QED) is 0.0197. The van der Waals surface area contributed by atoms with Gasteiger partial charge in [-0.15, -0.1) is 0 Å². The summed E-state index contributed by atoms with van der Waals surface area (Å²) in [5.74, 6) is -0.403. The van der Waals surface area contributed by atoms with E-state index in [1.807, 2.05) is 0 Å². The van der Waals surface area contributed by atoms with E-state index in [1.54, 1.807) is 0 Å². The molecule has 68 heavy (non-hydrogen) atoms. The number of carbonyl (C=O) groups excluding carboxylic acids is 1. The molecule has 0 aliphatic carbocycles. The second-order valence-electron chi connectivity index (χ2n) is 18.4. The van der Waals surface area contributed by atoms with Gasteiger partial charge in [-0.1, -0.05) is 216 Å². The number of unbranched alkanes of at least 4 members (excludes halogenated alkanes) is 24. The fourth-order valence-electron chi connectivity index (χ4n) is 8.11. The van der Waals surface area contributed by atoms with E-state index >= 15 is 0 Å². The molecule has 6 atom stereocenters. The van der Waals surface area contributed by atoms with Crippen molar-refractivity contribution in [3.8, 4) is 0 Å². The molecule has 0 aromatic rings. The molecule has 0 saturated carbocycles. The lowest BCUT2D eigenvalue weighted by Gasteiger charge is -2.41. The van der Waals surface area contributed by atoms with Crippen molar-refractivity contribution in [1.82, 2.24) is 0 Å². The topological polar surface area (TPSA) is 178 Å². The van der Waals surface area contributed by atoms with E-state index in [9.17, 15) is 33.1 Å². The maximum atomic E-state index is 12.9. The second-order valence-corrected chi connectivity index (χ2v) is 19.5. The summed E-state index contributed by atoms with van der Waals surface area (Å²) in [6.07, 6.45) is 49.6. The monoisotopic (exact) mass is 983 g/mol. The van der Waals surface area contributed by atoms with Gasteiger partial charge in [0.15, 0.2) is 6.29 Å². The van der Waals surface area contributed by atoms with E-state index in [0.29, 0.717) is 13.0 Å². The van der Waals surface area contributed by atoms with Crippen LogP contribution < -0.4 is 0 Å². The highest BCUT2D eigenvalue weighted by molar-refractivity contribution is 7.80. The van der Waals surface area contributed by atoms with Crippen LogP contribution in [0.2, 0.25) is 0 Å². The van der Waals surface area contributed by atoms with Gasteiger partial charge in [0.05, 0.1) is 19.8 Å². The van der Waals surface area contributed by atoms with Crippen molar-refractivity contribution in [3.63, 3.8) is 0 Å². The Hall–Kier alpha value is -2.20. The molecule has 0 radical (unpaired) electrons. The number of allylic oxidation sites excluding steroid dienone is 10. The molecule has 1 rings (SSSR count). The molecule has 0 amide bonds. The Morgan fingerprint density at radius 1 is 0.574 bits per heavy atom. The minimum Gasteiger partial charge on any atom is -0.457 e. The molecule has 0 bridgehead atoms. The number of ether oxygens (including phenoxy) is 4. The summed E-state index contributed by atoms with van der Waals surface area (Å²) in [6, 6.07) is 0. The van der Waals surface area contributed by atoms with Crippen molar-refractivity contribution in [2.45, 2.75) is 256 Å². The zero-order valence-corrected chi connectivity index (χ0v) is 43.5. The summed E-state index contributed by atoms with van der Waals surface area (Å²) in [4.78, 5) is 12.9. The first-order valence-electron chi connectivity index (χ1n) is 27.0. The maximum absolute atomic E-state index is 12.9. The van der Waals surface area contributed by atoms with E-state index in [-0.39, 0.29) is 19.6 Å². The predicted octanol–water partition coefficient (Wildman–Crippen LogP) is 12.9. The molecule has 1 heterocycles. The van der Waals surface area contributed by atoms with E-state index in [1.165, 1.54) is 103 Å². The van der Waals surface area contributed by atoms with Crippen LogP contribution in [0.25, 0.3) is 0 Å². The van der Waals surface area contributed by atoms with Gasteiger partial charge in [-0.05, 0) is 57.8 Å². The van der Waals surface area contributed by atoms with Gasteiger partial charge >= 0.3 is 16.4 Å². The van der Waals surface area contributed by atoms with E-state index in [4.69, 9.17) is 18.9 Å². The summed E-state index contributed by atoms with van der Waals surface area (Å²) in [5.41, 5.74) is 0. The highest BCUT2D eigenvalue weighted by Gasteiger charge is 2.48. The van der Waals surface area contributed by atoms with Crippen molar-refractivity contribution < 1.29 is 56.2 Å². The van der Waals surface area contributed by atoms with Crippen molar-refractivity contribution in [2.75, 3.05) is 26.4 Å². The van der Waals surface area contributed by atoms with E-state index in [2.05, 4.69) is 78.8 Å². The number of aliphatic hydroxyl groups excluding tert-OH is 3. The molecule has 1 aliphatic rings. The van der Waals surface area contributed by atoms with Crippen LogP contribution in [0.3, 0.4) is 0 Å². The van der Waals surface area contributed by atoms with Crippen molar-refractivity contribution in [1.29, 1.82) is 0 Å². The van der Waals surface area contributed by atoms with Gasteiger partial charge in [-0.3, -0.25) is 9.35 Å². The molecule has 0 spiro atoms. The number of hydrogen-bond acceptors (Lipinski definition) is 11. The van der Waals surface area contributed by atoms with Gasteiger partial charge in [-0.2, -0.15) is 8.42 Å². The number of rotatable bonds is 47. The smallest absolute Gasteiger partial charge is 0.397 e. The lowest BCUT2D eigenvalue weighted by molar-refractivity contribution is -0.301. The molecular formula is C55H98O12S. The molecule has 4 N–H and O–H groups in total.